The number of methoxy groups -OCH3 is 1. The van der Waals surface area contributed by atoms with Gasteiger partial charge >= 0.3 is 11.9 Å². The Morgan fingerprint density at radius 2 is 2.03 bits per heavy atom. The number of nitrogens with zero attached hydrogens (tertiary/aromatic N) is 2. The summed E-state index contributed by atoms with van der Waals surface area (Å²) in [5, 5.41) is 0. The van der Waals surface area contributed by atoms with Crippen molar-refractivity contribution in [3.05, 3.63) is 46.9 Å². The average molecular weight is 443 g/mol. The summed E-state index contributed by atoms with van der Waals surface area (Å²) >= 11 is 0. The van der Waals surface area contributed by atoms with Gasteiger partial charge in [-0.3, -0.25) is 0 Å². The first kappa shape index (κ1) is 23.8. The highest BCUT2D eigenvalue weighted by atomic mass is 16.5. The molecule has 7 nitrogen and oxygen atoms in total. The van der Waals surface area contributed by atoms with Gasteiger partial charge in [0.1, 0.15) is 11.6 Å². The Morgan fingerprint density at radius 1 is 1.25 bits per heavy atom. The summed E-state index contributed by atoms with van der Waals surface area (Å²) in [6, 6.07) is 3.41. The van der Waals surface area contributed by atoms with Crippen molar-refractivity contribution < 1.29 is 23.5 Å². The van der Waals surface area contributed by atoms with Gasteiger partial charge in [-0.2, -0.15) is 0 Å². The molecule has 7 heteroatoms. The van der Waals surface area contributed by atoms with Gasteiger partial charge in [0.2, 0.25) is 5.76 Å². The normalized spacial score (nSPS) is 14.7. The molecule has 0 aromatic carbocycles. The second-order valence-electron chi connectivity index (χ2n) is 8.29. The zero-order valence-electron chi connectivity index (χ0n) is 19.4. The minimum atomic E-state index is -0.472. The Morgan fingerprint density at radius 3 is 2.72 bits per heavy atom. The monoisotopic (exact) mass is 442 g/mol. The molecule has 0 atom stereocenters. The molecular formula is C25H34N2O5. The van der Waals surface area contributed by atoms with E-state index in [1.807, 2.05) is 6.08 Å². The van der Waals surface area contributed by atoms with Crippen LogP contribution in [0.15, 0.2) is 28.3 Å². The molecule has 0 unspecified atom stereocenters. The lowest BCUT2D eigenvalue weighted by Gasteiger charge is -2.13. The fourth-order valence-electron chi connectivity index (χ4n) is 4.23. The highest BCUT2D eigenvalue weighted by Crippen LogP contribution is 2.31. The van der Waals surface area contributed by atoms with E-state index in [1.54, 1.807) is 25.3 Å². The first-order valence-electron chi connectivity index (χ1n) is 11.6. The molecular weight excluding hydrogens is 408 g/mol. The number of hydrogen-bond donors (Lipinski definition) is 0. The highest BCUT2D eigenvalue weighted by molar-refractivity contribution is 5.93. The fraction of sp³-hybridized carbons (Fsp3) is 0.560. The third-order valence-electron chi connectivity index (χ3n) is 5.93. The second kappa shape index (κ2) is 11.7. The number of aromatic nitrogens is 2. The smallest absolute Gasteiger partial charge is 0.374 e. The minimum absolute atomic E-state index is 0.186. The minimum Gasteiger partial charge on any atom is -0.466 e. The van der Waals surface area contributed by atoms with Crippen LogP contribution in [0, 0.1) is 5.92 Å². The molecule has 1 saturated carbocycles. The summed E-state index contributed by atoms with van der Waals surface area (Å²) in [7, 11) is 1.43. The maximum absolute atomic E-state index is 12.5. The van der Waals surface area contributed by atoms with Crippen LogP contribution in [0.1, 0.15) is 86.6 Å². The number of ether oxygens (including phenoxy) is 2. The van der Waals surface area contributed by atoms with E-state index in [1.165, 1.54) is 20.0 Å². The molecule has 174 valence electrons. The molecule has 2 heterocycles. The average Bonchev–Trinajstić information content (AvgIpc) is 3.54. The van der Waals surface area contributed by atoms with Gasteiger partial charge < -0.3 is 18.5 Å². The van der Waals surface area contributed by atoms with E-state index < -0.39 is 5.97 Å². The first-order chi connectivity index (χ1) is 15.5. The van der Waals surface area contributed by atoms with Gasteiger partial charge in [-0.05, 0) is 43.9 Å². The fourth-order valence-corrected chi connectivity index (χ4v) is 4.23. The van der Waals surface area contributed by atoms with Gasteiger partial charge in [0, 0.05) is 12.0 Å². The molecule has 0 spiro atoms. The Kier molecular flexibility index (Phi) is 8.71. The second-order valence-corrected chi connectivity index (χ2v) is 8.29. The van der Waals surface area contributed by atoms with E-state index in [9.17, 15) is 9.59 Å². The first-order valence-corrected chi connectivity index (χ1v) is 11.6. The number of esters is 2. The van der Waals surface area contributed by atoms with Crippen molar-refractivity contribution in [1.82, 2.24) is 9.55 Å². The van der Waals surface area contributed by atoms with E-state index in [-0.39, 0.29) is 11.7 Å². The maximum Gasteiger partial charge on any atom is 0.374 e. The van der Waals surface area contributed by atoms with Crippen LogP contribution in [0.2, 0.25) is 0 Å². The van der Waals surface area contributed by atoms with E-state index in [2.05, 4.69) is 16.5 Å². The largest absolute Gasteiger partial charge is 0.466 e. The number of furan rings is 1. The van der Waals surface area contributed by atoms with Crippen LogP contribution in [-0.4, -0.2) is 35.2 Å². The SMILES string of the molecule is CCCCc1ncc(C=C(CC2CCCC2)C(=O)OC)n1Cc1ccc(C(=O)OCC)o1. The van der Waals surface area contributed by atoms with Crippen LogP contribution >= 0.6 is 0 Å². The number of aryl methyl sites for hydroxylation is 1. The zero-order chi connectivity index (χ0) is 22.9. The lowest BCUT2D eigenvalue weighted by molar-refractivity contribution is -0.136. The molecule has 3 rings (SSSR count). The molecule has 32 heavy (non-hydrogen) atoms. The lowest BCUT2D eigenvalue weighted by atomic mass is 9.97. The summed E-state index contributed by atoms with van der Waals surface area (Å²) in [4.78, 5) is 29.1. The van der Waals surface area contributed by atoms with Gasteiger partial charge in [-0.1, -0.05) is 39.0 Å². The molecule has 2 aromatic heterocycles. The lowest BCUT2D eigenvalue weighted by Crippen LogP contribution is -2.11. The molecule has 0 radical (unpaired) electrons. The molecule has 1 aliphatic carbocycles. The van der Waals surface area contributed by atoms with Crippen molar-refractivity contribution in [3.63, 3.8) is 0 Å². The Balaban J connectivity index is 1.89. The Hall–Kier alpha value is -2.83. The van der Waals surface area contributed by atoms with Crippen LogP contribution in [-0.2, 0) is 27.2 Å². The number of imidazole rings is 1. The van der Waals surface area contributed by atoms with Crippen LogP contribution in [0.4, 0.5) is 0 Å². The summed E-state index contributed by atoms with van der Waals surface area (Å²) in [5.74, 6) is 1.51. The quantitative estimate of drug-likeness (QED) is 0.352. The molecule has 1 aliphatic rings. The van der Waals surface area contributed by atoms with E-state index in [4.69, 9.17) is 13.9 Å². The van der Waals surface area contributed by atoms with Crippen molar-refractivity contribution in [1.29, 1.82) is 0 Å². The summed E-state index contributed by atoms with van der Waals surface area (Å²) in [5.41, 5.74) is 1.51. The molecule has 0 bridgehead atoms. The van der Waals surface area contributed by atoms with Gasteiger partial charge in [-0.15, -0.1) is 0 Å². The van der Waals surface area contributed by atoms with E-state index in [0.29, 0.717) is 30.4 Å². The number of carbonyl (C=O) groups excluding carboxylic acids is 2. The number of carbonyl (C=O) groups is 2. The molecule has 0 amide bonds. The Labute approximate surface area is 189 Å². The molecule has 0 N–H and O–H groups in total. The Bertz CT molecular complexity index is 934. The third-order valence-corrected chi connectivity index (χ3v) is 5.93. The van der Waals surface area contributed by atoms with Crippen LogP contribution in [0.3, 0.4) is 0 Å². The van der Waals surface area contributed by atoms with Gasteiger partial charge in [0.25, 0.3) is 0 Å². The molecule has 0 aliphatic heterocycles. The van der Waals surface area contributed by atoms with Crippen molar-refractivity contribution in [2.75, 3.05) is 13.7 Å². The van der Waals surface area contributed by atoms with Crippen LogP contribution < -0.4 is 0 Å². The maximum atomic E-state index is 12.5. The summed E-state index contributed by atoms with van der Waals surface area (Å²) < 4.78 is 17.9. The predicted octanol–water partition coefficient (Wildman–Crippen LogP) is 5.18. The van der Waals surface area contributed by atoms with Crippen molar-refractivity contribution in [3.8, 4) is 0 Å². The van der Waals surface area contributed by atoms with Gasteiger partial charge in [0.05, 0.1) is 32.2 Å². The van der Waals surface area contributed by atoms with Crippen molar-refractivity contribution >= 4 is 18.0 Å². The molecule has 1 fully saturated rings. The molecule has 2 aromatic rings. The van der Waals surface area contributed by atoms with E-state index in [0.717, 1.165) is 50.0 Å². The number of unbranched alkanes of at least 4 members (excludes halogenated alkanes) is 1. The predicted molar refractivity (Wildman–Crippen MR) is 121 cm³/mol. The third kappa shape index (κ3) is 6.11. The van der Waals surface area contributed by atoms with Crippen molar-refractivity contribution in [2.24, 2.45) is 5.92 Å². The summed E-state index contributed by atoms with van der Waals surface area (Å²) in [6.45, 7) is 4.62. The van der Waals surface area contributed by atoms with Crippen LogP contribution in [0.25, 0.3) is 6.08 Å². The number of hydrogen-bond acceptors (Lipinski definition) is 6. The summed E-state index contributed by atoms with van der Waals surface area (Å²) in [6.07, 6.45) is 12.1. The van der Waals surface area contributed by atoms with Gasteiger partial charge in [0.15, 0.2) is 0 Å². The standard InChI is InChI=1S/C25H34N2O5/c1-4-6-11-23-26-16-20(15-19(24(28)30-3)14-18-9-7-8-10-18)27(23)17-21-12-13-22(32-21)25(29)31-5-2/h12-13,15-16,18H,4-11,14,17H2,1-3H3. The topological polar surface area (TPSA) is 83.6 Å². The molecule has 0 saturated heterocycles. The van der Waals surface area contributed by atoms with Gasteiger partial charge in [-0.25, -0.2) is 14.6 Å². The highest BCUT2D eigenvalue weighted by Gasteiger charge is 2.22. The zero-order valence-corrected chi connectivity index (χ0v) is 19.4. The van der Waals surface area contributed by atoms with E-state index >= 15 is 0 Å². The van der Waals surface area contributed by atoms with Crippen LogP contribution in [0.5, 0.6) is 0 Å². The number of rotatable bonds is 11. The van der Waals surface area contributed by atoms with Crippen molar-refractivity contribution in [2.45, 2.75) is 71.8 Å².